The molecule has 5 nitrogen and oxygen atoms in total. The summed E-state index contributed by atoms with van der Waals surface area (Å²) in [4.78, 5) is 12.2. The number of hydrogen-bond donors (Lipinski definition) is 4. The molecule has 0 bridgehead atoms. The molecule has 1 fully saturated rings. The van der Waals surface area contributed by atoms with E-state index < -0.39 is 12.1 Å². The lowest BCUT2D eigenvalue weighted by molar-refractivity contribution is -0.123. The zero-order chi connectivity index (χ0) is 16.9. The fourth-order valence-corrected chi connectivity index (χ4v) is 2.76. The van der Waals surface area contributed by atoms with Crippen LogP contribution in [0.15, 0.2) is 54.6 Å². The van der Waals surface area contributed by atoms with Gasteiger partial charge < -0.3 is 10.4 Å². The van der Waals surface area contributed by atoms with Crippen LogP contribution in [-0.4, -0.2) is 23.6 Å². The third kappa shape index (κ3) is 3.97. The largest absolute Gasteiger partial charge is 0.387 e. The molecule has 1 aliphatic rings. The lowest BCUT2D eigenvalue weighted by atomic mass is 10.0. The van der Waals surface area contributed by atoms with E-state index in [0.717, 1.165) is 11.1 Å². The molecule has 0 aliphatic carbocycles. The second-order valence-corrected chi connectivity index (χ2v) is 5.85. The van der Waals surface area contributed by atoms with Crippen LogP contribution in [0, 0.1) is 5.82 Å². The van der Waals surface area contributed by atoms with Gasteiger partial charge in [0.15, 0.2) is 0 Å². The molecule has 0 spiro atoms. The predicted molar refractivity (Wildman–Crippen MR) is 88.2 cm³/mol. The number of hydrogen-bond acceptors (Lipinski definition) is 4. The van der Waals surface area contributed by atoms with Crippen LogP contribution in [-0.2, 0) is 4.79 Å². The van der Waals surface area contributed by atoms with Gasteiger partial charge in [-0.2, -0.15) is 0 Å². The molecule has 3 atom stereocenters. The number of amides is 1. The summed E-state index contributed by atoms with van der Waals surface area (Å²) < 4.78 is 13.0. The average Bonchev–Trinajstić information content (AvgIpc) is 3.11. The van der Waals surface area contributed by atoms with Gasteiger partial charge in [0.05, 0.1) is 6.10 Å². The summed E-state index contributed by atoms with van der Waals surface area (Å²) >= 11 is 0. The van der Waals surface area contributed by atoms with Crippen molar-refractivity contribution in [3.8, 4) is 0 Å². The molecule has 3 unspecified atom stereocenters. The van der Waals surface area contributed by atoms with Crippen LogP contribution in [0.1, 0.15) is 29.7 Å². The van der Waals surface area contributed by atoms with Crippen LogP contribution in [0.4, 0.5) is 4.39 Å². The van der Waals surface area contributed by atoms with Gasteiger partial charge in [0.25, 0.3) is 0 Å². The Morgan fingerprint density at radius 3 is 2.58 bits per heavy atom. The van der Waals surface area contributed by atoms with Crippen LogP contribution < -0.4 is 16.2 Å². The maximum Gasteiger partial charge on any atom is 0.238 e. The van der Waals surface area contributed by atoms with Crippen molar-refractivity contribution in [1.29, 1.82) is 0 Å². The van der Waals surface area contributed by atoms with E-state index in [2.05, 4.69) is 16.2 Å². The molecule has 0 saturated carbocycles. The first-order valence-corrected chi connectivity index (χ1v) is 7.91. The van der Waals surface area contributed by atoms with Crippen molar-refractivity contribution in [3.63, 3.8) is 0 Å². The highest BCUT2D eigenvalue weighted by Gasteiger charge is 2.30. The minimum atomic E-state index is -0.739. The summed E-state index contributed by atoms with van der Waals surface area (Å²) in [5.74, 6) is -0.462. The van der Waals surface area contributed by atoms with Crippen LogP contribution >= 0.6 is 0 Å². The molecule has 1 aliphatic heterocycles. The Balaban J connectivity index is 1.50. The van der Waals surface area contributed by atoms with E-state index in [1.807, 2.05) is 30.3 Å². The minimum Gasteiger partial charge on any atom is -0.387 e. The topological polar surface area (TPSA) is 73.4 Å². The number of carbonyl (C=O) groups excluding carboxylic acids is 1. The van der Waals surface area contributed by atoms with Crippen LogP contribution in [0.5, 0.6) is 0 Å². The van der Waals surface area contributed by atoms with E-state index in [1.54, 1.807) is 12.1 Å². The smallest absolute Gasteiger partial charge is 0.238 e. The number of hydrazine groups is 1. The molecule has 0 radical (unpaired) electrons. The van der Waals surface area contributed by atoms with Gasteiger partial charge in [-0.3, -0.25) is 4.79 Å². The molecule has 2 aromatic rings. The highest BCUT2D eigenvalue weighted by atomic mass is 19.1. The molecule has 6 heteroatoms. The Morgan fingerprint density at radius 1 is 1.17 bits per heavy atom. The van der Waals surface area contributed by atoms with E-state index in [0.29, 0.717) is 6.42 Å². The van der Waals surface area contributed by atoms with Crippen LogP contribution in [0.2, 0.25) is 0 Å². The summed E-state index contributed by atoms with van der Waals surface area (Å²) in [7, 11) is 0. The number of rotatable bonds is 5. The zero-order valence-corrected chi connectivity index (χ0v) is 13.1. The third-order valence-corrected chi connectivity index (χ3v) is 4.15. The van der Waals surface area contributed by atoms with Gasteiger partial charge in [-0.05, 0) is 29.7 Å². The highest BCUT2D eigenvalue weighted by Crippen LogP contribution is 2.22. The van der Waals surface area contributed by atoms with Gasteiger partial charge in [-0.15, -0.1) is 0 Å². The first-order chi connectivity index (χ1) is 11.6. The Bertz CT molecular complexity index is 678. The normalized spacial score (nSPS) is 21.4. The molecular formula is C18H20FN3O2. The molecule has 3 rings (SSSR count). The van der Waals surface area contributed by atoms with Crippen molar-refractivity contribution >= 4 is 5.91 Å². The summed E-state index contributed by atoms with van der Waals surface area (Å²) in [5.41, 5.74) is 7.68. The van der Waals surface area contributed by atoms with Gasteiger partial charge in [0.2, 0.25) is 5.91 Å². The third-order valence-electron chi connectivity index (χ3n) is 4.15. The van der Waals surface area contributed by atoms with Crippen molar-refractivity contribution in [2.75, 3.05) is 6.54 Å². The fourth-order valence-electron chi connectivity index (χ4n) is 2.76. The maximum absolute atomic E-state index is 13.0. The quantitative estimate of drug-likeness (QED) is 0.672. The molecule has 2 aromatic carbocycles. The van der Waals surface area contributed by atoms with Gasteiger partial charge in [0, 0.05) is 12.6 Å². The monoisotopic (exact) mass is 329 g/mol. The van der Waals surface area contributed by atoms with Gasteiger partial charge >= 0.3 is 0 Å². The molecule has 126 valence electrons. The molecule has 0 aromatic heterocycles. The second-order valence-electron chi connectivity index (χ2n) is 5.85. The van der Waals surface area contributed by atoms with Crippen molar-refractivity contribution in [3.05, 3.63) is 71.5 Å². The SMILES string of the molecule is O=C(NCC(O)c1ccccc1)C1CC(c2ccc(F)cc2)NN1. The van der Waals surface area contributed by atoms with Crippen LogP contribution in [0.25, 0.3) is 0 Å². The van der Waals surface area contributed by atoms with Crippen molar-refractivity contribution in [1.82, 2.24) is 16.2 Å². The number of aliphatic hydroxyl groups excluding tert-OH is 1. The Morgan fingerprint density at radius 2 is 1.88 bits per heavy atom. The summed E-state index contributed by atoms with van der Waals surface area (Å²) in [6.45, 7) is 0.155. The predicted octanol–water partition coefficient (Wildman–Crippen LogP) is 1.58. The van der Waals surface area contributed by atoms with E-state index in [1.165, 1.54) is 12.1 Å². The van der Waals surface area contributed by atoms with Gasteiger partial charge in [0.1, 0.15) is 11.9 Å². The number of halogens is 1. The van der Waals surface area contributed by atoms with E-state index in [-0.39, 0.29) is 24.3 Å². The Labute approximate surface area is 139 Å². The second kappa shape index (κ2) is 7.53. The van der Waals surface area contributed by atoms with E-state index >= 15 is 0 Å². The first-order valence-electron chi connectivity index (χ1n) is 7.91. The van der Waals surface area contributed by atoms with Crippen LogP contribution in [0.3, 0.4) is 0 Å². The highest BCUT2D eigenvalue weighted by molar-refractivity contribution is 5.82. The van der Waals surface area contributed by atoms with Crippen molar-refractivity contribution < 1.29 is 14.3 Å². The maximum atomic E-state index is 13.0. The average molecular weight is 329 g/mol. The first kappa shape index (κ1) is 16.6. The fraction of sp³-hybridized carbons (Fsp3) is 0.278. The lowest BCUT2D eigenvalue weighted by Gasteiger charge is -2.14. The lowest BCUT2D eigenvalue weighted by Crippen LogP contribution is -2.44. The molecule has 1 saturated heterocycles. The van der Waals surface area contributed by atoms with Crippen molar-refractivity contribution in [2.24, 2.45) is 0 Å². The molecule has 4 N–H and O–H groups in total. The van der Waals surface area contributed by atoms with Gasteiger partial charge in [-0.25, -0.2) is 15.2 Å². The minimum absolute atomic E-state index is 0.0552. The standard InChI is InChI=1S/C18H20FN3O2/c19-14-8-6-12(7-9-14)15-10-16(22-21-15)18(24)20-11-17(23)13-4-2-1-3-5-13/h1-9,15-17,21-23H,10-11H2,(H,20,24). The van der Waals surface area contributed by atoms with Crippen molar-refractivity contribution in [2.45, 2.75) is 24.6 Å². The van der Waals surface area contributed by atoms with E-state index in [9.17, 15) is 14.3 Å². The number of aliphatic hydroxyl groups is 1. The molecule has 1 heterocycles. The number of nitrogens with one attached hydrogen (secondary N) is 3. The molecular weight excluding hydrogens is 309 g/mol. The molecule has 24 heavy (non-hydrogen) atoms. The summed E-state index contributed by atoms with van der Waals surface area (Å²) in [6, 6.07) is 14.9. The zero-order valence-electron chi connectivity index (χ0n) is 13.1. The summed E-state index contributed by atoms with van der Waals surface area (Å²) in [5, 5.41) is 12.8. The van der Waals surface area contributed by atoms with Gasteiger partial charge in [-0.1, -0.05) is 42.5 Å². The summed E-state index contributed by atoms with van der Waals surface area (Å²) in [6.07, 6.45) is -0.184. The number of benzene rings is 2. The van der Waals surface area contributed by atoms with E-state index in [4.69, 9.17) is 0 Å². The molecule has 1 amide bonds. The number of carbonyl (C=O) groups is 1. The Hall–Kier alpha value is -2.28. The Kier molecular flexibility index (Phi) is 5.20.